The summed E-state index contributed by atoms with van der Waals surface area (Å²) in [5.74, 6) is 2.95. The second kappa shape index (κ2) is 8.47. The van der Waals surface area contributed by atoms with Crippen molar-refractivity contribution in [1.82, 2.24) is 34.3 Å². The lowest BCUT2D eigenvalue weighted by Crippen LogP contribution is -2.15. The minimum atomic E-state index is 0.416. The molecular formula is C20H24N8OS. The maximum absolute atomic E-state index is 5.87. The van der Waals surface area contributed by atoms with Crippen LogP contribution in [-0.2, 0) is 6.54 Å². The van der Waals surface area contributed by atoms with Gasteiger partial charge in [-0.25, -0.2) is 15.0 Å². The zero-order valence-electron chi connectivity index (χ0n) is 16.6. The summed E-state index contributed by atoms with van der Waals surface area (Å²) in [4.78, 5) is 12.6. The highest BCUT2D eigenvalue weighted by atomic mass is 32.2. The quantitative estimate of drug-likeness (QED) is 0.350. The number of fused-ring (bicyclic) bond motifs is 1. The van der Waals surface area contributed by atoms with Gasteiger partial charge in [0.1, 0.15) is 11.8 Å². The molecule has 5 rings (SSSR count). The van der Waals surface area contributed by atoms with E-state index in [2.05, 4.69) is 29.7 Å². The van der Waals surface area contributed by atoms with Crippen molar-refractivity contribution in [3.05, 3.63) is 31.1 Å². The van der Waals surface area contributed by atoms with Crippen molar-refractivity contribution in [2.45, 2.75) is 56.3 Å². The average molecular weight is 425 g/mol. The van der Waals surface area contributed by atoms with E-state index in [1.807, 2.05) is 16.7 Å². The molecule has 0 radical (unpaired) electrons. The fourth-order valence-electron chi connectivity index (χ4n) is 4.08. The molecule has 0 aliphatic heterocycles. The van der Waals surface area contributed by atoms with Crippen LogP contribution in [0.4, 0.5) is 5.82 Å². The number of nitrogens with zero attached hydrogens (tertiary/aromatic N) is 7. The Morgan fingerprint density at radius 3 is 2.87 bits per heavy atom. The molecule has 4 aromatic heterocycles. The summed E-state index contributed by atoms with van der Waals surface area (Å²) in [6.45, 7) is 0.808. The number of hydrogen-bond donors (Lipinski definition) is 1. The molecule has 1 saturated carbocycles. The van der Waals surface area contributed by atoms with Crippen molar-refractivity contribution in [2.75, 3.05) is 11.5 Å². The van der Waals surface area contributed by atoms with Crippen LogP contribution < -0.4 is 5.73 Å². The first-order valence-corrected chi connectivity index (χ1v) is 11.3. The summed E-state index contributed by atoms with van der Waals surface area (Å²) in [6.07, 6.45) is 12.0. The number of rotatable bonds is 7. The van der Waals surface area contributed by atoms with Crippen molar-refractivity contribution >= 4 is 28.7 Å². The molecule has 156 valence electrons. The minimum absolute atomic E-state index is 0.416. The second-order valence-corrected chi connectivity index (χ2v) is 8.58. The Bertz CT molecular complexity index is 1110. The molecule has 10 heteroatoms. The molecule has 0 aromatic carbocycles. The van der Waals surface area contributed by atoms with Gasteiger partial charge in [0.15, 0.2) is 22.4 Å². The van der Waals surface area contributed by atoms with Crippen LogP contribution in [0.3, 0.4) is 0 Å². The van der Waals surface area contributed by atoms with Gasteiger partial charge < -0.3 is 14.7 Å². The van der Waals surface area contributed by atoms with Gasteiger partial charge in [0, 0.05) is 18.3 Å². The van der Waals surface area contributed by atoms with Crippen molar-refractivity contribution in [3.8, 4) is 11.6 Å². The second-order valence-electron chi connectivity index (χ2n) is 7.52. The molecule has 9 nitrogen and oxygen atoms in total. The number of imidazole rings is 1. The number of furan rings is 1. The maximum Gasteiger partial charge on any atom is 0.200 e. The third-order valence-corrected chi connectivity index (χ3v) is 6.58. The number of thioether (sulfide) groups is 1. The Balaban J connectivity index is 1.29. The molecule has 1 aliphatic carbocycles. The summed E-state index contributed by atoms with van der Waals surface area (Å²) in [7, 11) is 0. The molecule has 0 unspecified atom stereocenters. The lowest BCUT2D eigenvalue weighted by Gasteiger charge is -2.25. The SMILES string of the molecule is Nc1ncnc2c1ncn2CCCSc1nnc(-c2ccco2)n1C1CCCCC1. The molecule has 0 atom stereocenters. The van der Waals surface area contributed by atoms with E-state index in [-0.39, 0.29) is 0 Å². The summed E-state index contributed by atoms with van der Waals surface area (Å²) in [5.41, 5.74) is 7.31. The minimum Gasteiger partial charge on any atom is -0.461 e. The molecule has 0 saturated heterocycles. The van der Waals surface area contributed by atoms with E-state index >= 15 is 0 Å². The maximum atomic E-state index is 5.87. The van der Waals surface area contributed by atoms with Crippen LogP contribution in [0.1, 0.15) is 44.6 Å². The first-order valence-electron chi connectivity index (χ1n) is 10.3. The van der Waals surface area contributed by atoms with E-state index in [9.17, 15) is 0 Å². The summed E-state index contributed by atoms with van der Waals surface area (Å²) < 4.78 is 9.94. The summed E-state index contributed by atoms with van der Waals surface area (Å²) in [6, 6.07) is 4.29. The van der Waals surface area contributed by atoms with E-state index in [1.165, 1.54) is 38.4 Å². The zero-order valence-corrected chi connectivity index (χ0v) is 17.5. The van der Waals surface area contributed by atoms with Gasteiger partial charge in [-0.1, -0.05) is 31.0 Å². The first kappa shape index (κ1) is 19.1. The van der Waals surface area contributed by atoms with Crippen LogP contribution in [0.2, 0.25) is 0 Å². The monoisotopic (exact) mass is 424 g/mol. The lowest BCUT2D eigenvalue weighted by atomic mass is 9.95. The largest absolute Gasteiger partial charge is 0.461 e. The predicted molar refractivity (Wildman–Crippen MR) is 115 cm³/mol. The third-order valence-electron chi connectivity index (χ3n) is 5.55. The van der Waals surface area contributed by atoms with Crippen molar-refractivity contribution in [3.63, 3.8) is 0 Å². The normalized spacial score (nSPS) is 15.2. The van der Waals surface area contributed by atoms with Crippen LogP contribution >= 0.6 is 11.8 Å². The topological polar surface area (TPSA) is 113 Å². The highest BCUT2D eigenvalue weighted by molar-refractivity contribution is 7.99. The molecular weight excluding hydrogens is 400 g/mol. The Labute approximate surface area is 178 Å². The van der Waals surface area contributed by atoms with Crippen molar-refractivity contribution in [2.24, 2.45) is 0 Å². The van der Waals surface area contributed by atoms with Gasteiger partial charge >= 0.3 is 0 Å². The highest BCUT2D eigenvalue weighted by Gasteiger charge is 2.24. The molecule has 1 fully saturated rings. The van der Waals surface area contributed by atoms with E-state index in [0.29, 0.717) is 17.4 Å². The molecule has 0 bridgehead atoms. The fourth-order valence-corrected chi connectivity index (χ4v) is 5.01. The van der Waals surface area contributed by atoms with E-state index < -0.39 is 0 Å². The summed E-state index contributed by atoms with van der Waals surface area (Å²) in [5, 5.41) is 9.94. The molecule has 4 aromatic rings. The number of nitrogens with two attached hydrogens (primary N) is 1. The van der Waals surface area contributed by atoms with Gasteiger partial charge in [-0.3, -0.25) is 4.57 Å². The Morgan fingerprint density at radius 2 is 2.03 bits per heavy atom. The van der Waals surface area contributed by atoms with Gasteiger partial charge in [-0.05, 0) is 31.4 Å². The van der Waals surface area contributed by atoms with Crippen LogP contribution in [-0.4, -0.2) is 40.0 Å². The highest BCUT2D eigenvalue weighted by Crippen LogP contribution is 2.35. The molecule has 30 heavy (non-hydrogen) atoms. The number of aromatic nitrogens is 7. The van der Waals surface area contributed by atoms with Gasteiger partial charge in [0.2, 0.25) is 5.82 Å². The molecule has 1 aliphatic rings. The number of aryl methyl sites for hydroxylation is 1. The zero-order chi connectivity index (χ0) is 20.3. The van der Waals surface area contributed by atoms with E-state index in [4.69, 9.17) is 10.2 Å². The van der Waals surface area contributed by atoms with Gasteiger partial charge in [0.05, 0.1) is 12.6 Å². The third kappa shape index (κ3) is 3.67. The molecule has 0 spiro atoms. The van der Waals surface area contributed by atoms with Crippen LogP contribution in [0.5, 0.6) is 0 Å². The van der Waals surface area contributed by atoms with Crippen LogP contribution in [0, 0.1) is 0 Å². The van der Waals surface area contributed by atoms with E-state index in [1.54, 1.807) is 24.4 Å². The predicted octanol–water partition coefficient (Wildman–Crippen LogP) is 3.95. The van der Waals surface area contributed by atoms with Crippen molar-refractivity contribution in [1.29, 1.82) is 0 Å². The number of anilines is 1. The summed E-state index contributed by atoms with van der Waals surface area (Å²) >= 11 is 1.75. The van der Waals surface area contributed by atoms with E-state index in [0.717, 1.165) is 41.1 Å². The lowest BCUT2D eigenvalue weighted by molar-refractivity contribution is 0.337. The fraction of sp³-hybridized carbons (Fsp3) is 0.450. The van der Waals surface area contributed by atoms with Gasteiger partial charge in [-0.2, -0.15) is 0 Å². The molecule has 4 heterocycles. The molecule has 2 N–H and O–H groups in total. The first-order chi connectivity index (χ1) is 14.8. The van der Waals surface area contributed by atoms with Crippen LogP contribution in [0.25, 0.3) is 22.7 Å². The van der Waals surface area contributed by atoms with Crippen LogP contribution in [0.15, 0.2) is 40.6 Å². The van der Waals surface area contributed by atoms with Gasteiger partial charge in [-0.15, -0.1) is 10.2 Å². The Hall–Kier alpha value is -2.88. The Kier molecular flexibility index (Phi) is 5.39. The molecule has 0 amide bonds. The smallest absolute Gasteiger partial charge is 0.200 e. The van der Waals surface area contributed by atoms with Crippen molar-refractivity contribution < 1.29 is 4.42 Å². The van der Waals surface area contributed by atoms with Gasteiger partial charge in [0.25, 0.3) is 0 Å². The number of hydrogen-bond acceptors (Lipinski definition) is 8. The Morgan fingerprint density at radius 1 is 1.13 bits per heavy atom. The number of nitrogen functional groups attached to an aromatic ring is 1. The standard InChI is InChI=1S/C20H24N8OS/c21-17-16-19(23-12-22-17)27(13-24-16)9-5-11-30-20-26-25-18(15-8-4-10-29-15)28(20)14-6-2-1-3-7-14/h4,8,10,12-14H,1-3,5-7,9,11H2,(H2,21,22,23). The average Bonchev–Trinajstić information content (AvgIpc) is 3.52.